The lowest BCUT2D eigenvalue weighted by Gasteiger charge is -2.49. The standard InChI is InChI=1S/C22H34OS/c1-6-7-8-9-16-13-19-21(20(14-16)24-5)17-12-15(2)10-11-18(17)22(3,4)23-19/h13-15,17-18H,6-12H2,1-5H3/t15-,17-,18-/m1/s1. The minimum absolute atomic E-state index is 0.0322. The number of fused-ring (bicyclic) bond motifs is 3. The van der Waals surface area contributed by atoms with Crippen LogP contribution in [-0.2, 0) is 6.42 Å². The molecule has 1 heterocycles. The van der Waals surface area contributed by atoms with Crippen molar-refractivity contribution in [3.05, 3.63) is 23.3 Å². The molecule has 0 N–H and O–H groups in total. The molecule has 1 fully saturated rings. The monoisotopic (exact) mass is 346 g/mol. The second kappa shape index (κ2) is 7.32. The first-order valence-corrected chi connectivity index (χ1v) is 11.1. The molecule has 1 saturated carbocycles. The van der Waals surface area contributed by atoms with E-state index in [9.17, 15) is 0 Å². The van der Waals surface area contributed by atoms with E-state index in [-0.39, 0.29) is 5.60 Å². The number of benzene rings is 1. The Hall–Kier alpha value is -0.630. The fraction of sp³-hybridized carbons (Fsp3) is 0.727. The van der Waals surface area contributed by atoms with Crippen LogP contribution >= 0.6 is 11.8 Å². The Bertz CT molecular complexity index is 578. The Morgan fingerprint density at radius 2 is 2.00 bits per heavy atom. The lowest BCUT2D eigenvalue weighted by molar-refractivity contribution is -0.0148. The van der Waals surface area contributed by atoms with Gasteiger partial charge in [-0.25, -0.2) is 0 Å². The minimum atomic E-state index is -0.0322. The highest BCUT2D eigenvalue weighted by Gasteiger charge is 2.46. The van der Waals surface area contributed by atoms with E-state index < -0.39 is 0 Å². The molecule has 134 valence electrons. The number of thioether (sulfide) groups is 1. The molecule has 1 aliphatic heterocycles. The highest BCUT2D eigenvalue weighted by atomic mass is 32.2. The molecule has 0 spiro atoms. The quantitative estimate of drug-likeness (QED) is 0.427. The predicted molar refractivity (Wildman–Crippen MR) is 105 cm³/mol. The van der Waals surface area contributed by atoms with Gasteiger partial charge in [0.25, 0.3) is 0 Å². The van der Waals surface area contributed by atoms with Crippen molar-refractivity contribution < 1.29 is 4.74 Å². The third-order valence-corrected chi connectivity index (χ3v) is 6.98. The van der Waals surface area contributed by atoms with Crippen LogP contribution in [0.15, 0.2) is 17.0 Å². The zero-order chi connectivity index (χ0) is 17.3. The molecule has 3 atom stereocenters. The van der Waals surface area contributed by atoms with Crippen molar-refractivity contribution in [3.63, 3.8) is 0 Å². The molecule has 1 aromatic rings. The van der Waals surface area contributed by atoms with Crippen LogP contribution in [-0.4, -0.2) is 11.9 Å². The molecule has 0 unspecified atom stereocenters. The fourth-order valence-corrected chi connectivity index (χ4v) is 5.63. The van der Waals surface area contributed by atoms with Crippen LogP contribution in [0.2, 0.25) is 0 Å². The number of hydrogen-bond donors (Lipinski definition) is 0. The maximum atomic E-state index is 6.60. The van der Waals surface area contributed by atoms with E-state index in [1.54, 1.807) is 0 Å². The summed E-state index contributed by atoms with van der Waals surface area (Å²) in [7, 11) is 0. The van der Waals surface area contributed by atoms with Crippen LogP contribution in [0, 0.1) is 11.8 Å². The highest BCUT2D eigenvalue weighted by molar-refractivity contribution is 7.98. The fourth-order valence-electron chi connectivity index (χ4n) is 4.89. The number of aryl methyl sites for hydroxylation is 1. The van der Waals surface area contributed by atoms with Crippen molar-refractivity contribution >= 4 is 11.8 Å². The van der Waals surface area contributed by atoms with Gasteiger partial charge in [0.15, 0.2) is 0 Å². The Labute approximate surface area is 152 Å². The molecule has 0 aromatic heterocycles. The van der Waals surface area contributed by atoms with E-state index in [0.717, 1.165) is 5.92 Å². The van der Waals surface area contributed by atoms with Gasteiger partial charge in [0.2, 0.25) is 0 Å². The third kappa shape index (κ3) is 3.49. The summed E-state index contributed by atoms with van der Waals surface area (Å²) in [5.41, 5.74) is 2.96. The molecule has 0 radical (unpaired) electrons. The first-order chi connectivity index (χ1) is 11.5. The second-order valence-electron chi connectivity index (χ2n) is 8.50. The van der Waals surface area contributed by atoms with Gasteiger partial charge in [-0.15, -0.1) is 11.8 Å². The summed E-state index contributed by atoms with van der Waals surface area (Å²) in [5.74, 6) is 3.37. The van der Waals surface area contributed by atoms with Gasteiger partial charge in [0.05, 0.1) is 0 Å². The molecular weight excluding hydrogens is 312 g/mol. The molecule has 3 rings (SSSR count). The van der Waals surface area contributed by atoms with E-state index in [1.165, 1.54) is 66.7 Å². The van der Waals surface area contributed by atoms with Crippen LogP contribution in [0.5, 0.6) is 5.75 Å². The molecule has 1 aromatic carbocycles. The Balaban J connectivity index is 1.98. The lowest BCUT2D eigenvalue weighted by Crippen LogP contribution is -2.46. The van der Waals surface area contributed by atoms with Crippen LogP contribution in [0.3, 0.4) is 0 Å². The van der Waals surface area contributed by atoms with Gasteiger partial charge in [0.1, 0.15) is 11.4 Å². The number of hydrogen-bond acceptors (Lipinski definition) is 2. The summed E-state index contributed by atoms with van der Waals surface area (Å²) >= 11 is 1.91. The molecule has 1 aliphatic carbocycles. The van der Waals surface area contributed by atoms with Crippen LogP contribution in [0.1, 0.15) is 83.3 Å². The minimum Gasteiger partial charge on any atom is -0.487 e. The molecule has 0 amide bonds. The largest absolute Gasteiger partial charge is 0.487 e. The number of rotatable bonds is 5. The van der Waals surface area contributed by atoms with E-state index >= 15 is 0 Å². The lowest BCUT2D eigenvalue weighted by atomic mass is 9.64. The van der Waals surface area contributed by atoms with Gasteiger partial charge in [-0.2, -0.15) is 0 Å². The maximum Gasteiger partial charge on any atom is 0.125 e. The zero-order valence-corrected chi connectivity index (χ0v) is 17.0. The van der Waals surface area contributed by atoms with Gasteiger partial charge in [-0.05, 0) is 75.3 Å². The van der Waals surface area contributed by atoms with Gasteiger partial charge in [-0.3, -0.25) is 0 Å². The third-order valence-electron chi connectivity index (χ3n) is 6.20. The van der Waals surface area contributed by atoms with Gasteiger partial charge >= 0.3 is 0 Å². The molecular formula is C22H34OS. The molecule has 0 saturated heterocycles. The van der Waals surface area contributed by atoms with Crippen molar-refractivity contribution in [2.45, 2.75) is 89.1 Å². The average Bonchev–Trinajstić information content (AvgIpc) is 2.53. The van der Waals surface area contributed by atoms with E-state index in [1.807, 2.05) is 11.8 Å². The summed E-state index contributed by atoms with van der Waals surface area (Å²) in [4.78, 5) is 1.47. The Kier molecular flexibility index (Phi) is 5.54. The van der Waals surface area contributed by atoms with Gasteiger partial charge < -0.3 is 4.74 Å². The van der Waals surface area contributed by atoms with E-state index in [4.69, 9.17) is 4.74 Å². The van der Waals surface area contributed by atoms with Gasteiger partial charge in [-0.1, -0.05) is 33.1 Å². The smallest absolute Gasteiger partial charge is 0.125 e. The molecule has 1 nitrogen and oxygen atoms in total. The summed E-state index contributed by atoms with van der Waals surface area (Å²) in [6.07, 6.45) is 11.3. The normalized spacial score (nSPS) is 28.0. The first kappa shape index (κ1) is 18.2. The molecule has 0 bridgehead atoms. The van der Waals surface area contributed by atoms with Crippen molar-refractivity contribution in [2.75, 3.05) is 6.26 Å². The zero-order valence-electron chi connectivity index (χ0n) is 16.2. The highest BCUT2D eigenvalue weighted by Crippen LogP contribution is 2.55. The molecule has 2 heteroatoms. The van der Waals surface area contributed by atoms with E-state index in [2.05, 4.69) is 46.1 Å². The SMILES string of the molecule is CCCCCc1cc2c(c(SC)c1)[C@@H]1C[C@H](C)CC[C@H]1C(C)(C)O2. The number of ether oxygens (including phenoxy) is 1. The van der Waals surface area contributed by atoms with Crippen molar-refractivity contribution in [1.82, 2.24) is 0 Å². The van der Waals surface area contributed by atoms with Gasteiger partial charge in [0, 0.05) is 16.4 Å². The number of unbranched alkanes of at least 4 members (excludes halogenated alkanes) is 2. The Morgan fingerprint density at radius 1 is 1.21 bits per heavy atom. The summed E-state index contributed by atoms with van der Waals surface area (Å²) in [6.45, 7) is 9.32. The van der Waals surface area contributed by atoms with Crippen molar-refractivity contribution in [2.24, 2.45) is 11.8 Å². The first-order valence-electron chi connectivity index (χ1n) is 9.86. The molecule has 24 heavy (non-hydrogen) atoms. The van der Waals surface area contributed by atoms with Crippen LogP contribution < -0.4 is 4.74 Å². The second-order valence-corrected chi connectivity index (χ2v) is 9.35. The topological polar surface area (TPSA) is 9.23 Å². The Morgan fingerprint density at radius 3 is 2.71 bits per heavy atom. The average molecular weight is 347 g/mol. The summed E-state index contributed by atoms with van der Waals surface area (Å²) in [5, 5.41) is 0. The van der Waals surface area contributed by atoms with Crippen LogP contribution in [0.25, 0.3) is 0 Å². The van der Waals surface area contributed by atoms with E-state index in [0.29, 0.717) is 11.8 Å². The summed E-state index contributed by atoms with van der Waals surface area (Å²) < 4.78 is 6.60. The van der Waals surface area contributed by atoms with Crippen molar-refractivity contribution in [3.8, 4) is 5.75 Å². The predicted octanol–water partition coefficient (Wildman–Crippen LogP) is 6.83. The van der Waals surface area contributed by atoms with Crippen LogP contribution in [0.4, 0.5) is 0 Å². The summed E-state index contributed by atoms with van der Waals surface area (Å²) in [6, 6.07) is 4.82. The van der Waals surface area contributed by atoms with Crippen molar-refractivity contribution in [1.29, 1.82) is 0 Å². The molecule has 2 aliphatic rings. The maximum absolute atomic E-state index is 6.60.